The fourth-order valence-electron chi connectivity index (χ4n) is 1.95. The van der Waals surface area contributed by atoms with Crippen LogP contribution in [0.25, 0.3) is 0 Å². The Bertz CT molecular complexity index is 700. The molecule has 6 nitrogen and oxygen atoms in total. The van der Waals surface area contributed by atoms with E-state index in [2.05, 4.69) is 16.4 Å². The minimum Gasteiger partial charge on any atom is -0.482 e. The number of halogens is 1. The predicted molar refractivity (Wildman–Crippen MR) is 86.9 cm³/mol. The zero-order valence-corrected chi connectivity index (χ0v) is 13.6. The molecule has 23 heavy (non-hydrogen) atoms. The third-order valence-corrected chi connectivity index (χ3v) is 4.08. The maximum atomic E-state index is 10.5. The van der Waals surface area contributed by atoms with Crippen molar-refractivity contribution >= 4 is 29.0 Å². The fraction of sp³-hybridized carbons (Fsp3) is 0.267. The summed E-state index contributed by atoms with van der Waals surface area (Å²) in [4.78, 5) is 14.7. The van der Waals surface area contributed by atoms with Crippen LogP contribution in [0.5, 0.6) is 5.75 Å². The van der Waals surface area contributed by atoms with Crippen molar-refractivity contribution in [2.45, 2.75) is 18.9 Å². The molecule has 2 rings (SSSR count). The van der Waals surface area contributed by atoms with E-state index in [0.717, 1.165) is 5.01 Å². The number of aromatic nitrogens is 1. The highest BCUT2D eigenvalue weighted by atomic mass is 35.5. The zero-order chi connectivity index (χ0) is 16.7. The molecule has 120 valence electrons. The lowest BCUT2D eigenvalue weighted by atomic mass is 10.2. The van der Waals surface area contributed by atoms with Crippen molar-refractivity contribution in [3.8, 4) is 11.8 Å². The van der Waals surface area contributed by atoms with Gasteiger partial charge in [0.25, 0.3) is 0 Å². The summed E-state index contributed by atoms with van der Waals surface area (Å²) in [7, 11) is 0. The Morgan fingerprint density at radius 3 is 3.04 bits per heavy atom. The van der Waals surface area contributed by atoms with Gasteiger partial charge in [-0.2, -0.15) is 5.26 Å². The number of rotatable bonds is 7. The van der Waals surface area contributed by atoms with Crippen molar-refractivity contribution in [1.82, 2.24) is 10.3 Å². The molecular weight excluding hydrogens is 338 g/mol. The summed E-state index contributed by atoms with van der Waals surface area (Å²) in [6.07, 6.45) is 1.40. The summed E-state index contributed by atoms with van der Waals surface area (Å²) in [5.74, 6) is 0.395. The van der Waals surface area contributed by atoms with Gasteiger partial charge in [-0.1, -0.05) is 11.6 Å². The second kappa shape index (κ2) is 8.36. The number of thiazole rings is 1. The number of hydrogen-bond donors (Lipinski definition) is 2. The van der Waals surface area contributed by atoms with Crippen LogP contribution in [0, 0.1) is 11.3 Å². The van der Waals surface area contributed by atoms with Gasteiger partial charge in [-0.15, -0.1) is 11.3 Å². The highest BCUT2D eigenvalue weighted by molar-refractivity contribution is 7.09. The third kappa shape index (κ3) is 5.13. The molecule has 0 aliphatic carbocycles. The SMILES string of the molecule is N#Cc1ccc(Cl)cc1OC(CCCNC(=O)O)c1nccs1. The monoisotopic (exact) mass is 351 g/mol. The normalized spacial score (nSPS) is 11.5. The average molecular weight is 352 g/mol. The molecule has 2 aromatic rings. The quantitative estimate of drug-likeness (QED) is 0.739. The van der Waals surface area contributed by atoms with Gasteiger partial charge in [-0.05, 0) is 25.0 Å². The maximum absolute atomic E-state index is 10.5. The minimum absolute atomic E-state index is 0.321. The first-order valence-electron chi connectivity index (χ1n) is 6.82. The Balaban J connectivity index is 2.11. The maximum Gasteiger partial charge on any atom is 0.404 e. The molecule has 1 amide bonds. The van der Waals surface area contributed by atoms with Crippen LogP contribution in [0.4, 0.5) is 4.79 Å². The van der Waals surface area contributed by atoms with Crippen LogP contribution in [0.15, 0.2) is 29.8 Å². The van der Waals surface area contributed by atoms with Gasteiger partial charge in [-0.25, -0.2) is 9.78 Å². The Morgan fingerprint density at radius 1 is 1.57 bits per heavy atom. The van der Waals surface area contributed by atoms with Gasteiger partial charge in [0.2, 0.25) is 0 Å². The molecule has 8 heteroatoms. The van der Waals surface area contributed by atoms with Crippen LogP contribution < -0.4 is 10.1 Å². The number of nitrogens with one attached hydrogen (secondary N) is 1. The van der Waals surface area contributed by atoms with E-state index in [1.165, 1.54) is 11.3 Å². The van der Waals surface area contributed by atoms with Crippen LogP contribution >= 0.6 is 22.9 Å². The first-order valence-corrected chi connectivity index (χ1v) is 8.08. The second-order valence-corrected chi connectivity index (χ2v) is 5.97. The lowest BCUT2D eigenvalue weighted by molar-refractivity contribution is 0.183. The molecule has 0 fully saturated rings. The van der Waals surface area contributed by atoms with E-state index in [1.54, 1.807) is 24.4 Å². The van der Waals surface area contributed by atoms with Gasteiger partial charge in [-0.3, -0.25) is 0 Å². The molecule has 0 bridgehead atoms. The van der Waals surface area contributed by atoms with Crippen molar-refractivity contribution in [2.75, 3.05) is 6.54 Å². The Hall–Kier alpha value is -2.30. The molecule has 1 unspecified atom stereocenters. The molecule has 1 heterocycles. The summed E-state index contributed by atoms with van der Waals surface area (Å²) < 4.78 is 5.93. The van der Waals surface area contributed by atoms with E-state index in [0.29, 0.717) is 35.7 Å². The van der Waals surface area contributed by atoms with Crippen molar-refractivity contribution in [2.24, 2.45) is 0 Å². The van der Waals surface area contributed by atoms with Gasteiger partial charge in [0.1, 0.15) is 16.8 Å². The summed E-state index contributed by atoms with van der Waals surface area (Å²) in [6.45, 7) is 0.321. The van der Waals surface area contributed by atoms with E-state index in [1.807, 2.05) is 5.38 Å². The first-order chi connectivity index (χ1) is 11.1. The van der Waals surface area contributed by atoms with E-state index in [-0.39, 0.29) is 6.10 Å². The highest BCUT2D eigenvalue weighted by Gasteiger charge is 2.18. The van der Waals surface area contributed by atoms with Crippen molar-refractivity contribution < 1.29 is 14.6 Å². The van der Waals surface area contributed by atoms with Crippen LogP contribution in [-0.2, 0) is 0 Å². The largest absolute Gasteiger partial charge is 0.482 e. The summed E-state index contributed by atoms with van der Waals surface area (Å²) in [6, 6.07) is 6.89. The first kappa shape index (κ1) is 17.1. The van der Waals surface area contributed by atoms with Gasteiger partial charge in [0.15, 0.2) is 6.10 Å². The molecular formula is C15H14ClN3O3S. The Labute approximate surface area is 142 Å². The summed E-state index contributed by atoms with van der Waals surface area (Å²) >= 11 is 7.41. The van der Waals surface area contributed by atoms with E-state index in [4.69, 9.17) is 26.7 Å². The molecule has 2 N–H and O–H groups in total. The molecule has 1 aromatic carbocycles. The van der Waals surface area contributed by atoms with Crippen LogP contribution in [-0.4, -0.2) is 22.7 Å². The number of ether oxygens (including phenoxy) is 1. The van der Waals surface area contributed by atoms with E-state index < -0.39 is 6.09 Å². The Kier molecular flexibility index (Phi) is 6.20. The molecule has 1 aromatic heterocycles. The molecule has 0 spiro atoms. The lowest BCUT2D eigenvalue weighted by Gasteiger charge is -2.18. The van der Waals surface area contributed by atoms with Crippen LogP contribution in [0.1, 0.15) is 29.5 Å². The summed E-state index contributed by atoms with van der Waals surface area (Å²) in [5.41, 5.74) is 0.389. The van der Waals surface area contributed by atoms with Crippen LogP contribution in [0.2, 0.25) is 5.02 Å². The van der Waals surface area contributed by atoms with Gasteiger partial charge < -0.3 is 15.2 Å². The smallest absolute Gasteiger partial charge is 0.404 e. The number of amides is 1. The highest BCUT2D eigenvalue weighted by Crippen LogP contribution is 2.31. The molecule has 1 atom stereocenters. The predicted octanol–water partition coefficient (Wildman–Crippen LogP) is 3.84. The fourth-order valence-corrected chi connectivity index (χ4v) is 2.81. The molecule has 0 aliphatic rings. The number of nitrogens with zero attached hydrogens (tertiary/aromatic N) is 2. The van der Waals surface area contributed by atoms with E-state index >= 15 is 0 Å². The number of carbonyl (C=O) groups is 1. The molecule has 0 radical (unpaired) electrons. The zero-order valence-electron chi connectivity index (χ0n) is 12.0. The van der Waals surface area contributed by atoms with Gasteiger partial charge >= 0.3 is 6.09 Å². The molecule has 0 saturated heterocycles. The number of nitriles is 1. The topological polar surface area (TPSA) is 95.2 Å². The van der Waals surface area contributed by atoms with Crippen LogP contribution in [0.3, 0.4) is 0 Å². The van der Waals surface area contributed by atoms with Crippen molar-refractivity contribution in [1.29, 1.82) is 5.26 Å². The van der Waals surface area contributed by atoms with Crippen molar-refractivity contribution in [3.05, 3.63) is 45.4 Å². The average Bonchev–Trinajstić information content (AvgIpc) is 3.04. The standard InChI is InChI=1S/C15H14ClN3O3S/c16-11-4-3-10(9-17)13(8-11)22-12(14-18-6-7-23-14)2-1-5-19-15(20)21/h3-4,6-8,12,19H,1-2,5H2,(H,20,21). The van der Waals surface area contributed by atoms with Gasteiger partial charge in [0, 0.05) is 29.2 Å². The minimum atomic E-state index is -1.06. The lowest BCUT2D eigenvalue weighted by Crippen LogP contribution is -2.22. The van der Waals surface area contributed by atoms with Gasteiger partial charge in [0.05, 0.1) is 5.56 Å². The number of benzene rings is 1. The molecule has 0 aliphatic heterocycles. The second-order valence-electron chi connectivity index (χ2n) is 4.60. The summed E-state index contributed by atoms with van der Waals surface area (Å²) in [5, 5.41) is 23.2. The molecule has 0 saturated carbocycles. The third-order valence-electron chi connectivity index (χ3n) is 2.98. The number of carboxylic acid groups (broad SMARTS) is 1. The Morgan fingerprint density at radius 2 is 2.39 bits per heavy atom. The number of hydrogen-bond acceptors (Lipinski definition) is 5. The van der Waals surface area contributed by atoms with Crippen molar-refractivity contribution in [3.63, 3.8) is 0 Å². The van der Waals surface area contributed by atoms with E-state index in [9.17, 15) is 4.79 Å².